The molecule has 0 aromatic carbocycles. The standard InChI is InChI=1S/C7H13NO4/c1-8-5(6(9)10-2)7-11-3-4-12-7/h5,7-8H,3-4H2,1-2H3/t5-/m0/s1. The van der Waals surface area contributed by atoms with Gasteiger partial charge >= 0.3 is 5.97 Å². The molecule has 0 radical (unpaired) electrons. The van der Waals surface area contributed by atoms with Gasteiger partial charge in [-0.3, -0.25) is 4.79 Å². The van der Waals surface area contributed by atoms with Crippen molar-refractivity contribution in [2.75, 3.05) is 27.4 Å². The van der Waals surface area contributed by atoms with E-state index in [4.69, 9.17) is 9.47 Å². The number of ether oxygens (including phenoxy) is 3. The van der Waals surface area contributed by atoms with Crippen molar-refractivity contribution in [3.63, 3.8) is 0 Å². The van der Waals surface area contributed by atoms with Crippen molar-refractivity contribution in [1.29, 1.82) is 0 Å². The molecule has 0 aliphatic carbocycles. The predicted octanol–water partition coefficient (Wildman–Crippen LogP) is -0.880. The molecule has 0 spiro atoms. The molecular weight excluding hydrogens is 162 g/mol. The van der Waals surface area contributed by atoms with Gasteiger partial charge in [0, 0.05) is 0 Å². The average molecular weight is 175 g/mol. The highest BCUT2D eigenvalue weighted by Gasteiger charge is 2.32. The number of carbonyl (C=O) groups excluding carboxylic acids is 1. The second-order valence-electron chi connectivity index (χ2n) is 2.40. The third-order valence-corrected chi connectivity index (χ3v) is 1.69. The highest BCUT2D eigenvalue weighted by Crippen LogP contribution is 2.09. The molecule has 5 nitrogen and oxygen atoms in total. The normalized spacial score (nSPS) is 20.8. The Morgan fingerprint density at radius 2 is 2.17 bits per heavy atom. The molecule has 1 atom stereocenters. The highest BCUT2D eigenvalue weighted by molar-refractivity contribution is 5.76. The molecule has 1 fully saturated rings. The van der Waals surface area contributed by atoms with Crippen LogP contribution in [0, 0.1) is 0 Å². The molecule has 1 aliphatic rings. The zero-order chi connectivity index (χ0) is 8.97. The molecule has 1 heterocycles. The van der Waals surface area contributed by atoms with Crippen molar-refractivity contribution in [2.45, 2.75) is 12.3 Å². The lowest BCUT2D eigenvalue weighted by Crippen LogP contribution is -2.45. The molecule has 0 unspecified atom stereocenters. The van der Waals surface area contributed by atoms with Crippen molar-refractivity contribution in [2.24, 2.45) is 0 Å². The fourth-order valence-electron chi connectivity index (χ4n) is 1.06. The SMILES string of the molecule is CN[C@@H](C(=O)OC)C1OCCO1. The summed E-state index contributed by atoms with van der Waals surface area (Å²) < 4.78 is 14.8. The number of esters is 1. The second kappa shape index (κ2) is 4.39. The second-order valence-corrected chi connectivity index (χ2v) is 2.40. The number of rotatable bonds is 3. The summed E-state index contributed by atoms with van der Waals surface area (Å²) in [6.45, 7) is 1.06. The van der Waals surface area contributed by atoms with Crippen LogP contribution in [0.2, 0.25) is 0 Å². The summed E-state index contributed by atoms with van der Waals surface area (Å²) in [6, 6.07) is -0.530. The van der Waals surface area contributed by atoms with E-state index in [9.17, 15) is 4.79 Å². The van der Waals surface area contributed by atoms with Crippen LogP contribution in [0.1, 0.15) is 0 Å². The summed E-state index contributed by atoms with van der Waals surface area (Å²) in [4.78, 5) is 11.1. The van der Waals surface area contributed by atoms with Crippen LogP contribution in [0.3, 0.4) is 0 Å². The van der Waals surface area contributed by atoms with Crippen molar-refractivity contribution in [3.05, 3.63) is 0 Å². The molecule has 1 saturated heterocycles. The first kappa shape index (κ1) is 9.44. The maximum Gasteiger partial charge on any atom is 0.328 e. The highest BCUT2D eigenvalue weighted by atomic mass is 16.7. The van der Waals surface area contributed by atoms with Gasteiger partial charge < -0.3 is 19.5 Å². The maximum atomic E-state index is 11.1. The smallest absolute Gasteiger partial charge is 0.328 e. The lowest BCUT2D eigenvalue weighted by atomic mass is 10.3. The number of likely N-dealkylation sites (N-methyl/N-ethyl adjacent to an activating group) is 1. The molecule has 0 saturated carbocycles. The maximum absolute atomic E-state index is 11.1. The van der Waals surface area contributed by atoms with Gasteiger partial charge in [0.2, 0.25) is 0 Å². The van der Waals surface area contributed by atoms with Crippen molar-refractivity contribution in [3.8, 4) is 0 Å². The van der Waals surface area contributed by atoms with E-state index in [0.717, 1.165) is 0 Å². The van der Waals surface area contributed by atoms with E-state index >= 15 is 0 Å². The van der Waals surface area contributed by atoms with Crippen LogP contribution < -0.4 is 5.32 Å². The van der Waals surface area contributed by atoms with Gasteiger partial charge in [-0.2, -0.15) is 0 Å². The molecule has 1 rings (SSSR count). The topological polar surface area (TPSA) is 56.8 Å². The molecule has 5 heteroatoms. The van der Waals surface area contributed by atoms with Gasteiger partial charge in [0.05, 0.1) is 20.3 Å². The number of hydrogen-bond donors (Lipinski definition) is 1. The molecule has 12 heavy (non-hydrogen) atoms. The first-order chi connectivity index (χ1) is 5.79. The van der Waals surface area contributed by atoms with Gasteiger partial charge in [0.25, 0.3) is 0 Å². The van der Waals surface area contributed by atoms with E-state index in [-0.39, 0.29) is 5.97 Å². The van der Waals surface area contributed by atoms with Crippen LogP contribution in [0.15, 0.2) is 0 Å². The molecule has 0 bridgehead atoms. The minimum atomic E-state index is -0.530. The van der Waals surface area contributed by atoms with Gasteiger partial charge in [-0.25, -0.2) is 0 Å². The number of methoxy groups -OCH3 is 1. The summed E-state index contributed by atoms with van der Waals surface area (Å²) in [5.74, 6) is -0.371. The van der Waals surface area contributed by atoms with E-state index in [1.54, 1.807) is 7.05 Å². The number of hydrogen-bond acceptors (Lipinski definition) is 5. The van der Waals surface area contributed by atoms with E-state index in [2.05, 4.69) is 10.1 Å². The van der Waals surface area contributed by atoms with Gasteiger partial charge in [0.1, 0.15) is 0 Å². The first-order valence-electron chi connectivity index (χ1n) is 3.78. The molecule has 0 amide bonds. The first-order valence-corrected chi connectivity index (χ1v) is 3.78. The minimum absolute atomic E-state index is 0.371. The molecule has 0 aromatic heterocycles. The Morgan fingerprint density at radius 1 is 1.58 bits per heavy atom. The van der Waals surface area contributed by atoms with Crippen molar-refractivity contribution in [1.82, 2.24) is 5.32 Å². The fourth-order valence-corrected chi connectivity index (χ4v) is 1.06. The largest absolute Gasteiger partial charge is 0.468 e. The molecule has 1 N–H and O–H groups in total. The minimum Gasteiger partial charge on any atom is -0.468 e. The van der Waals surface area contributed by atoms with Gasteiger partial charge in [-0.05, 0) is 7.05 Å². The van der Waals surface area contributed by atoms with Crippen LogP contribution in [-0.2, 0) is 19.0 Å². The summed E-state index contributed by atoms with van der Waals surface area (Å²) >= 11 is 0. The summed E-state index contributed by atoms with van der Waals surface area (Å²) in [5, 5.41) is 2.77. The van der Waals surface area contributed by atoms with Crippen LogP contribution in [0.5, 0.6) is 0 Å². The fraction of sp³-hybridized carbons (Fsp3) is 0.857. The molecule has 70 valence electrons. The Morgan fingerprint density at radius 3 is 2.58 bits per heavy atom. The van der Waals surface area contributed by atoms with Crippen molar-refractivity contribution < 1.29 is 19.0 Å². The van der Waals surface area contributed by atoms with Crippen LogP contribution in [0.25, 0.3) is 0 Å². The zero-order valence-corrected chi connectivity index (χ0v) is 7.20. The monoisotopic (exact) mass is 175 g/mol. The Bertz CT molecular complexity index is 155. The third kappa shape index (κ3) is 1.94. The molecule has 1 aliphatic heterocycles. The Balaban J connectivity index is 2.48. The van der Waals surface area contributed by atoms with Crippen LogP contribution in [-0.4, -0.2) is 45.7 Å². The van der Waals surface area contributed by atoms with Gasteiger partial charge in [0.15, 0.2) is 12.3 Å². The molecular formula is C7H13NO4. The molecule has 0 aromatic rings. The van der Waals surface area contributed by atoms with Gasteiger partial charge in [-0.15, -0.1) is 0 Å². The number of nitrogens with one attached hydrogen (secondary N) is 1. The predicted molar refractivity (Wildman–Crippen MR) is 40.6 cm³/mol. The van der Waals surface area contributed by atoms with E-state index in [1.807, 2.05) is 0 Å². The van der Waals surface area contributed by atoms with Crippen LogP contribution >= 0.6 is 0 Å². The lowest BCUT2D eigenvalue weighted by molar-refractivity contribution is -0.154. The zero-order valence-electron chi connectivity index (χ0n) is 7.20. The van der Waals surface area contributed by atoms with Gasteiger partial charge in [-0.1, -0.05) is 0 Å². The van der Waals surface area contributed by atoms with Crippen LogP contribution in [0.4, 0.5) is 0 Å². The third-order valence-electron chi connectivity index (χ3n) is 1.69. The summed E-state index contributed by atoms with van der Waals surface area (Å²) in [6.07, 6.45) is -0.512. The summed E-state index contributed by atoms with van der Waals surface area (Å²) in [5.41, 5.74) is 0. The average Bonchev–Trinajstić information content (AvgIpc) is 2.58. The summed E-state index contributed by atoms with van der Waals surface area (Å²) in [7, 11) is 2.99. The van der Waals surface area contributed by atoms with E-state index in [0.29, 0.717) is 13.2 Å². The Kier molecular flexibility index (Phi) is 3.46. The lowest BCUT2D eigenvalue weighted by Gasteiger charge is -2.18. The number of carbonyl (C=O) groups is 1. The van der Waals surface area contributed by atoms with Crippen molar-refractivity contribution >= 4 is 5.97 Å². The Hall–Kier alpha value is -0.650. The quantitative estimate of drug-likeness (QED) is 0.564. The van der Waals surface area contributed by atoms with E-state index in [1.165, 1.54) is 7.11 Å². The van der Waals surface area contributed by atoms with E-state index < -0.39 is 12.3 Å². The Labute approximate surface area is 71.0 Å².